The SMILES string of the molecule is O=C(c1sccc1-c1ccccc1)N1CCN(CC2CCCO2)CC1. The zero-order chi connectivity index (χ0) is 17.1. The van der Waals surface area contributed by atoms with Crippen molar-refractivity contribution in [2.75, 3.05) is 39.3 Å². The number of nitrogens with zero attached hydrogens (tertiary/aromatic N) is 2. The Morgan fingerprint density at radius 1 is 1.12 bits per heavy atom. The highest BCUT2D eigenvalue weighted by molar-refractivity contribution is 7.12. The Balaban J connectivity index is 1.39. The van der Waals surface area contributed by atoms with Crippen molar-refractivity contribution in [3.63, 3.8) is 0 Å². The fourth-order valence-electron chi connectivity index (χ4n) is 3.67. The number of carbonyl (C=O) groups excluding carboxylic acids is 1. The molecule has 1 aromatic heterocycles. The Morgan fingerprint density at radius 2 is 1.92 bits per heavy atom. The van der Waals surface area contributed by atoms with Crippen molar-refractivity contribution in [3.8, 4) is 11.1 Å². The molecule has 4 nitrogen and oxygen atoms in total. The van der Waals surface area contributed by atoms with Gasteiger partial charge in [0.1, 0.15) is 0 Å². The van der Waals surface area contributed by atoms with Crippen molar-refractivity contribution in [3.05, 3.63) is 46.7 Å². The van der Waals surface area contributed by atoms with Crippen LogP contribution < -0.4 is 0 Å². The Hall–Kier alpha value is -1.69. The summed E-state index contributed by atoms with van der Waals surface area (Å²) in [4.78, 5) is 18.3. The summed E-state index contributed by atoms with van der Waals surface area (Å²) in [6.45, 7) is 5.41. The number of ether oxygens (including phenoxy) is 1. The van der Waals surface area contributed by atoms with Gasteiger partial charge >= 0.3 is 0 Å². The van der Waals surface area contributed by atoms with Crippen LogP contribution in [0.3, 0.4) is 0 Å². The first-order chi connectivity index (χ1) is 12.3. The summed E-state index contributed by atoms with van der Waals surface area (Å²) in [5.74, 6) is 0.172. The van der Waals surface area contributed by atoms with E-state index in [0.717, 1.165) is 55.3 Å². The third kappa shape index (κ3) is 3.78. The topological polar surface area (TPSA) is 32.8 Å². The summed E-state index contributed by atoms with van der Waals surface area (Å²) in [5, 5.41) is 2.02. The molecule has 1 unspecified atom stereocenters. The molecule has 4 rings (SSSR count). The summed E-state index contributed by atoms with van der Waals surface area (Å²) in [7, 11) is 0. The summed E-state index contributed by atoms with van der Waals surface area (Å²) in [6, 6.07) is 12.2. The zero-order valence-corrected chi connectivity index (χ0v) is 15.2. The third-order valence-corrected chi connectivity index (χ3v) is 5.99. The Bertz CT molecular complexity index is 701. The molecule has 0 radical (unpaired) electrons. The van der Waals surface area contributed by atoms with E-state index in [2.05, 4.69) is 23.1 Å². The first-order valence-corrected chi connectivity index (χ1v) is 9.95. The predicted molar refractivity (Wildman–Crippen MR) is 101 cm³/mol. The van der Waals surface area contributed by atoms with Crippen molar-refractivity contribution >= 4 is 17.2 Å². The van der Waals surface area contributed by atoms with Gasteiger partial charge in [-0.25, -0.2) is 0 Å². The molecule has 132 valence electrons. The number of hydrogen-bond acceptors (Lipinski definition) is 4. The Labute approximate surface area is 153 Å². The van der Waals surface area contributed by atoms with Gasteiger partial charge in [0.25, 0.3) is 5.91 Å². The zero-order valence-electron chi connectivity index (χ0n) is 14.4. The number of benzene rings is 1. The van der Waals surface area contributed by atoms with E-state index in [0.29, 0.717) is 6.10 Å². The molecule has 2 saturated heterocycles. The van der Waals surface area contributed by atoms with Crippen LogP contribution >= 0.6 is 11.3 Å². The van der Waals surface area contributed by atoms with E-state index in [1.54, 1.807) is 11.3 Å². The largest absolute Gasteiger partial charge is 0.377 e. The minimum Gasteiger partial charge on any atom is -0.377 e. The first-order valence-electron chi connectivity index (χ1n) is 9.07. The lowest BCUT2D eigenvalue weighted by atomic mass is 10.1. The average molecular weight is 356 g/mol. The minimum atomic E-state index is 0.172. The van der Waals surface area contributed by atoms with E-state index < -0.39 is 0 Å². The fraction of sp³-hybridized carbons (Fsp3) is 0.450. The van der Waals surface area contributed by atoms with E-state index in [-0.39, 0.29) is 5.91 Å². The van der Waals surface area contributed by atoms with Crippen LogP contribution in [0.1, 0.15) is 22.5 Å². The van der Waals surface area contributed by atoms with Crippen LogP contribution in [-0.4, -0.2) is 61.1 Å². The molecule has 1 amide bonds. The molecule has 25 heavy (non-hydrogen) atoms. The first kappa shape index (κ1) is 16.8. The quantitative estimate of drug-likeness (QED) is 0.842. The van der Waals surface area contributed by atoms with E-state index in [9.17, 15) is 4.79 Å². The van der Waals surface area contributed by atoms with Gasteiger partial charge in [0.15, 0.2) is 0 Å². The van der Waals surface area contributed by atoms with Gasteiger partial charge in [-0.05, 0) is 29.9 Å². The molecule has 0 N–H and O–H groups in total. The summed E-state index contributed by atoms with van der Waals surface area (Å²) < 4.78 is 5.73. The van der Waals surface area contributed by atoms with E-state index in [1.807, 2.05) is 28.5 Å². The molecule has 1 aromatic carbocycles. The van der Waals surface area contributed by atoms with Gasteiger partial charge in [-0.1, -0.05) is 30.3 Å². The van der Waals surface area contributed by atoms with Crippen LogP contribution in [0.4, 0.5) is 0 Å². The highest BCUT2D eigenvalue weighted by Gasteiger charge is 2.27. The van der Waals surface area contributed by atoms with Crippen molar-refractivity contribution in [2.45, 2.75) is 18.9 Å². The van der Waals surface area contributed by atoms with Gasteiger partial charge in [0, 0.05) is 44.9 Å². The molecule has 0 aliphatic carbocycles. The van der Waals surface area contributed by atoms with Crippen LogP contribution in [0.5, 0.6) is 0 Å². The normalized spacial score (nSPS) is 21.6. The molecule has 5 heteroatoms. The monoisotopic (exact) mass is 356 g/mol. The molecule has 0 saturated carbocycles. The highest BCUT2D eigenvalue weighted by atomic mass is 32.1. The second kappa shape index (κ2) is 7.68. The second-order valence-corrected chi connectivity index (χ2v) is 7.67. The van der Waals surface area contributed by atoms with Crippen LogP contribution in [0.2, 0.25) is 0 Å². The van der Waals surface area contributed by atoms with Gasteiger partial charge < -0.3 is 9.64 Å². The van der Waals surface area contributed by atoms with Crippen molar-refractivity contribution < 1.29 is 9.53 Å². The molecular formula is C20H24N2O2S. The molecule has 2 aliphatic heterocycles. The maximum atomic E-state index is 13.0. The second-order valence-electron chi connectivity index (χ2n) is 6.76. The fourth-order valence-corrected chi connectivity index (χ4v) is 4.56. The van der Waals surface area contributed by atoms with Gasteiger partial charge in [-0.15, -0.1) is 11.3 Å². The molecule has 0 bridgehead atoms. The third-order valence-electron chi connectivity index (χ3n) is 5.09. The number of amides is 1. The Morgan fingerprint density at radius 3 is 2.64 bits per heavy atom. The van der Waals surface area contributed by atoms with Crippen LogP contribution in [0, 0.1) is 0 Å². The maximum Gasteiger partial charge on any atom is 0.264 e. The van der Waals surface area contributed by atoms with Gasteiger partial charge in [0.2, 0.25) is 0 Å². The summed E-state index contributed by atoms with van der Waals surface area (Å²) in [5.41, 5.74) is 2.17. The number of rotatable bonds is 4. The summed E-state index contributed by atoms with van der Waals surface area (Å²) >= 11 is 1.55. The van der Waals surface area contributed by atoms with Gasteiger partial charge in [0.05, 0.1) is 11.0 Å². The predicted octanol–water partition coefficient (Wildman–Crippen LogP) is 3.35. The molecule has 1 atom stereocenters. The lowest BCUT2D eigenvalue weighted by Gasteiger charge is -2.35. The minimum absolute atomic E-state index is 0.172. The molecule has 2 aliphatic rings. The van der Waals surface area contributed by atoms with Gasteiger partial charge in [-0.3, -0.25) is 9.69 Å². The maximum absolute atomic E-state index is 13.0. The standard InChI is InChI=1S/C20H24N2O2S/c23-20(19-18(8-14-25-19)16-5-2-1-3-6-16)22-11-9-21(10-12-22)15-17-7-4-13-24-17/h1-3,5-6,8,14,17H,4,7,9-13,15H2. The van der Waals surface area contributed by atoms with E-state index >= 15 is 0 Å². The lowest BCUT2D eigenvalue weighted by Crippen LogP contribution is -2.50. The van der Waals surface area contributed by atoms with Crippen molar-refractivity contribution in [1.29, 1.82) is 0 Å². The number of carbonyl (C=O) groups is 1. The molecular weight excluding hydrogens is 332 g/mol. The van der Waals surface area contributed by atoms with Crippen molar-refractivity contribution in [2.24, 2.45) is 0 Å². The number of hydrogen-bond donors (Lipinski definition) is 0. The molecule has 3 heterocycles. The Kier molecular flexibility index (Phi) is 5.15. The van der Waals surface area contributed by atoms with Crippen LogP contribution in [0.15, 0.2) is 41.8 Å². The number of thiophene rings is 1. The van der Waals surface area contributed by atoms with Crippen molar-refractivity contribution in [1.82, 2.24) is 9.80 Å². The number of piperazine rings is 1. The molecule has 2 fully saturated rings. The lowest BCUT2D eigenvalue weighted by molar-refractivity contribution is 0.0435. The van der Waals surface area contributed by atoms with Crippen LogP contribution in [-0.2, 0) is 4.74 Å². The summed E-state index contributed by atoms with van der Waals surface area (Å²) in [6.07, 6.45) is 2.75. The van der Waals surface area contributed by atoms with Crippen LogP contribution in [0.25, 0.3) is 11.1 Å². The van der Waals surface area contributed by atoms with Gasteiger partial charge in [-0.2, -0.15) is 0 Å². The average Bonchev–Trinajstić information content (AvgIpc) is 3.34. The smallest absolute Gasteiger partial charge is 0.264 e. The molecule has 2 aromatic rings. The molecule has 0 spiro atoms. The van der Waals surface area contributed by atoms with E-state index in [4.69, 9.17) is 4.74 Å². The highest BCUT2D eigenvalue weighted by Crippen LogP contribution is 2.29. The van der Waals surface area contributed by atoms with E-state index in [1.165, 1.54) is 12.8 Å².